The SMILES string of the molecule is CC(C)(C)c1c(-c2ccccc2)cc(-c2ccccc2)c(-c2ccccc2)c1-c1ccccc1. The van der Waals surface area contributed by atoms with Crippen LogP contribution >= 0.6 is 0 Å². The van der Waals surface area contributed by atoms with Crippen LogP contribution in [0.15, 0.2) is 127 Å². The summed E-state index contributed by atoms with van der Waals surface area (Å²) in [5.74, 6) is 0. The van der Waals surface area contributed by atoms with E-state index >= 15 is 0 Å². The van der Waals surface area contributed by atoms with Gasteiger partial charge in [-0.15, -0.1) is 0 Å². The smallest absolute Gasteiger partial charge is 0.00234 e. The zero-order valence-electron chi connectivity index (χ0n) is 20.1. The zero-order chi connectivity index (χ0) is 23.5. The first kappa shape index (κ1) is 21.9. The second kappa shape index (κ2) is 9.15. The summed E-state index contributed by atoms with van der Waals surface area (Å²) in [7, 11) is 0. The summed E-state index contributed by atoms with van der Waals surface area (Å²) in [5, 5.41) is 0. The number of rotatable bonds is 4. The number of hydrogen-bond acceptors (Lipinski definition) is 0. The predicted molar refractivity (Wildman–Crippen MR) is 147 cm³/mol. The molecule has 34 heavy (non-hydrogen) atoms. The molecular formula is C34H30. The van der Waals surface area contributed by atoms with E-state index in [-0.39, 0.29) is 5.41 Å². The molecule has 5 aromatic rings. The lowest BCUT2D eigenvalue weighted by Gasteiger charge is -2.31. The van der Waals surface area contributed by atoms with E-state index in [9.17, 15) is 0 Å². The van der Waals surface area contributed by atoms with Crippen LogP contribution in [-0.4, -0.2) is 0 Å². The standard InChI is InChI=1S/C34H30/c1-34(2,3)33-30(26-18-10-5-11-19-26)24-29(25-16-8-4-9-17-25)31(27-20-12-6-13-21-27)32(33)28-22-14-7-15-23-28/h4-24H,1-3H3. The van der Waals surface area contributed by atoms with Crippen LogP contribution in [0.2, 0.25) is 0 Å². The largest absolute Gasteiger partial charge is 0.0622 e. The van der Waals surface area contributed by atoms with Crippen molar-refractivity contribution in [3.8, 4) is 44.5 Å². The third-order valence-electron chi connectivity index (χ3n) is 6.37. The molecule has 0 nitrogen and oxygen atoms in total. The summed E-state index contributed by atoms with van der Waals surface area (Å²) in [6.07, 6.45) is 0. The molecule has 0 atom stereocenters. The van der Waals surface area contributed by atoms with Crippen LogP contribution in [0.1, 0.15) is 26.3 Å². The Morgan fingerprint density at radius 1 is 0.382 bits per heavy atom. The minimum atomic E-state index is -0.0604. The van der Waals surface area contributed by atoms with Crippen molar-refractivity contribution in [3.05, 3.63) is 133 Å². The van der Waals surface area contributed by atoms with Crippen molar-refractivity contribution in [1.82, 2.24) is 0 Å². The lowest BCUT2D eigenvalue weighted by molar-refractivity contribution is 0.594. The molecule has 0 saturated heterocycles. The van der Waals surface area contributed by atoms with Crippen molar-refractivity contribution in [3.63, 3.8) is 0 Å². The van der Waals surface area contributed by atoms with E-state index in [0.29, 0.717) is 0 Å². The first-order valence-electron chi connectivity index (χ1n) is 12.0. The highest BCUT2D eigenvalue weighted by Crippen LogP contribution is 2.49. The molecule has 0 aliphatic carbocycles. The molecule has 0 fully saturated rings. The van der Waals surface area contributed by atoms with Crippen LogP contribution < -0.4 is 0 Å². The van der Waals surface area contributed by atoms with Gasteiger partial charge in [-0.1, -0.05) is 142 Å². The molecule has 0 aliphatic rings. The maximum atomic E-state index is 2.42. The third kappa shape index (κ3) is 4.20. The molecule has 0 radical (unpaired) electrons. The van der Waals surface area contributed by atoms with E-state index in [2.05, 4.69) is 148 Å². The Hall–Kier alpha value is -3.90. The first-order valence-corrected chi connectivity index (χ1v) is 12.0. The summed E-state index contributed by atoms with van der Waals surface area (Å²) in [6.45, 7) is 6.99. The van der Waals surface area contributed by atoms with Crippen molar-refractivity contribution < 1.29 is 0 Å². The molecule has 0 heteroatoms. The summed E-state index contributed by atoms with van der Waals surface area (Å²) in [4.78, 5) is 0. The van der Waals surface area contributed by atoms with Gasteiger partial charge in [0.15, 0.2) is 0 Å². The van der Waals surface area contributed by atoms with Crippen molar-refractivity contribution in [2.24, 2.45) is 0 Å². The van der Waals surface area contributed by atoms with Crippen molar-refractivity contribution >= 4 is 0 Å². The van der Waals surface area contributed by atoms with Gasteiger partial charge in [0.05, 0.1) is 0 Å². The summed E-state index contributed by atoms with van der Waals surface area (Å²) < 4.78 is 0. The van der Waals surface area contributed by atoms with E-state index in [1.54, 1.807) is 0 Å². The second-order valence-electron chi connectivity index (χ2n) is 9.81. The Kier molecular flexibility index (Phi) is 5.90. The van der Waals surface area contributed by atoms with Gasteiger partial charge in [0.2, 0.25) is 0 Å². The van der Waals surface area contributed by atoms with Crippen LogP contribution in [0.25, 0.3) is 44.5 Å². The lowest BCUT2D eigenvalue weighted by Crippen LogP contribution is -2.16. The van der Waals surface area contributed by atoms with Crippen molar-refractivity contribution in [2.45, 2.75) is 26.2 Å². The monoisotopic (exact) mass is 438 g/mol. The molecule has 0 unspecified atom stereocenters. The molecule has 0 amide bonds. The topological polar surface area (TPSA) is 0 Å². The molecule has 0 aliphatic heterocycles. The van der Waals surface area contributed by atoms with Gasteiger partial charge >= 0.3 is 0 Å². The van der Waals surface area contributed by atoms with E-state index in [0.717, 1.165) is 0 Å². The van der Waals surface area contributed by atoms with Crippen LogP contribution in [0.5, 0.6) is 0 Å². The van der Waals surface area contributed by atoms with E-state index < -0.39 is 0 Å². The molecule has 0 N–H and O–H groups in total. The lowest BCUT2D eigenvalue weighted by atomic mass is 9.72. The van der Waals surface area contributed by atoms with Gasteiger partial charge in [-0.2, -0.15) is 0 Å². The summed E-state index contributed by atoms with van der Waals surface area (Å²) in [5.41, 5.74) is 11.5. The quantitative estimate of drug-likeness (QED) is 0.262. The minimum Gasteiger partial charge on any atom is -0.0622 e. The summed E-state index contributed by atoms with van der Waals surface area (Å²) >= 11 is 0. The van der Waals surface area contributed by atoms with Crippen LogP contribution in [0.3, 0.4) is 0 Å². The molecule has 0 heterocycles. The Morgan fingerprint density at radius 2 is 0.735 bits per heavy atom. The highest BCUT2D eigenvalue weighted by atomic mass is 14.3. The fourth-order valence-electron chi connectivity index (χ4n) is 4.95. The van der Waals surface area contributed by atoms with Crippen molar-refractivity contribution in [1.29, 1.82) is 0 Å². The highest BCUT2D eigenvalue weighted by Gasteiger charge is 2.28. The molecular weight excluding hydrogens is 408 g/mol. The predicted octanol–water partition coefficient (Wildman–Crippen LogP) is 9.65. The Morgan fingerprint density at radius 3 is 1.15 bits per heavy atom. The van der Waals surface area contributed by atoms with E-state index in [4.69, 9.17) is 0 Å². The Bertz CT molecular complexity index is 1380. The third-order valence-corrected chi connectivity index (χ3v) is 6.37. The van der Waals surface area contributed by atoms with Crippen molar-refractivity contribution in [2.75, 3.05) is 0 Å². The number of hydrogen-bond donors (Lipinski definition) is 0. The van der Waals surface area contributed by atoms with Gasteiger partial charge in [0.1, 0.15) is 0 Å². The van der Waals surface area contributed by atoms with Gasteiger partial charge in [0.25, 0.3) is 0 Å². The van der Waals surface area contributed by atoms with Crippen LogP contribution in [0.4, 0.5) is 0 Å². The first-order chi connectivity index (χ1) is 16.5. The molecule has 0 spiro atoms. The van der Waals surface area contributed by atoms with Crippen LogP contribution in [0, 0.1) is 0 Å². The second-order valence-corrected chi connectivity index (χ2v) is 9.81. The van der Waals surface area contributed by atoms with E-state index in [1.165, 1.54) is 50.1 Å². The van der Waals surface area contributed by atoms with Gasteiger partial charge in [-0.3, -0.25) is 0 Å². The average molecular weight is 439 g/mol. The summed E-state index contributed by atoms with van der Waals surface area (Å²) in [6, 6.07) is 45.8. The Balaban J connectivity index is 2.02. The highest BCUT2D eigenvalue weighted by molar-refractivity contribution is 6.00. The Labute approximate surface area is 203 Å². The number of benzene rings is 5. The van der Waals surface area contributed by atoms with E-state index in [1.807, 2.05) is 0 Å². The average Bonchev–Trinajstić information content (AvgIpc) is 2.89. The van der Waals surface area contributed by atoms with Gasteiger partial charge in [-0.25, -0.2) is 0 Å². The minimum absolute atomic E-state index is 0.0604. The molecule has 0 saturated carbocycles. The van der Waals surface area contributed by atoms with Gasteiger partial charge < -0.3 is 0 Å². The maximum absolute atomic E-state index is 2.42. The molecule has 5 aromatic carbocycles. The fourth-order valence-corrected chi connectivity index (χ4v) is 4.95. The van der Waals surface area contributed by atoms with Gasteiger partial charge in [0, 0.05) is 0 Å². The zero-order valence-corrected chi connectivity index (χ0v) is 20.1. The molecule has 0 aromatic heterocycles. The fraction of sp³-hybridized carbons (Fsp3) is 0.118. The molecule has 166 valence electrons. The van der Waals surface area contributed by atoms with Gasteiger partial charge in [-0.05, 0) is 61.6 Å². The van der Waals surface area contributed by atoms with Crippen LogP contribution in [-0.2, 0) is 5.41 Å². The normalized spacial score (nSPS) is 11.4. The maximum Gasteiger partial charge on any atom is -0.00234 e. The molecule has 5 rings (SSSR count). The molecule has 0 bridgehead atoms.